The van der Waals surface area contributed by atoms with Gasteiger partial charge in [-0.2, -0.15) is 5.10 Å². The van der Waals surface area contributed by atoms with Crippen LogP contribution in [0.3, 0.4) is 0 Å². The molecule has 1 atom stereocenters. The highest BCUT2D eigenvalue weighted by molar-refractivity contribution is 5.35. The van der Waals surface area contributed by atoms with Crippen LogP contribution in [0.4, 0.5) is 5.82 Å². The number of hydrogen-bond donors (Lipinski definition) is 1. The van der Waals surface area contributed by atoms with Gasteiger partial charge in [0.05, 0.1) is 12.3 Å². The molecule has 118 valence electrons. The molecule has 3 rings (SSSR count). The van der Waals surface area contributed by atoms with Crippen LogP contribution in [0.25, 0.3) is 0 Å². The van der Waals surface area contributed by atoms with Crippen molar-refractivity contribution in [2.45, 2.75) is 39.2 Å². The van der Waals surface area contributed by atoms with Gasteiger partial charge in [-0.1, -0.05) is 0 Å². The van der Waals surface area contributed by atoms with E-state index in [-0.39, 0.29) is 0 Å². The highest BCUT2D eigenvalue weighted by Gasteiger charge is 2.19. The van der Waals surface area contributed by atoms with Crippen LogP contribution in [-0.4, -0.2) is 44.5 Å². The van der Waals surface area contributed by atoms with Crippen LogP contribution in [0.15, 0.2) is 12.4 Å². The SMILES string of the molecule is Cc1nc(C)n(CCCNc2cc([C@H]3CCOC3)ncn2)n1. The monoisotopic (exact) mass is 302 g/mol. The molecule has 0 bridgehead atoms. The van der Waals surface area contributed by atoms with Crippen LogP contribution in [0.2, 0.25) is 0 Å². The van der Waals surface area contributed by atoms with E-state index in [2.05, 4.69) is 25.4 Å². The Morgan fingerprint density at radius 3 is 3.00 bits per heavy atom. The maximum Gasteiger partial charge on any atom is 0.147 e. The van der Waals surface area contributed by atoms with Crippen molar-refractivity contribution in [2.24, 2.45) is 0 Å². The topological polar surface area (TPSA) is 77.8 Å². The van der Waals surface area contributed by atoms with Crippen molar-refractivity contribution in [1.82, 2.24) is 24.7 Å². The van der Waals surface area contributed by atoms with E-state index < -0.39 is 0 Å². The van der Waals surface area contributed by atoms with Gasteiger partial charge < -0.3 is 10.1 Å². The summed E-state index contributed by atoms with van der Waals surface area (Å²) < 4.78 is 7.36. The van der Waals surface area contributed by atoms with Gasteiger partial charge in [0.15, 0.2) is 0 Å². The fourth-order valence-electron chi connectivity index (χ4n) is 2.68. The first kappa shape index (κ1) is 14.9. The molecule has 1 aliphatic heterocycles. The summed E-state index contributed by atoms with van der Waals surface area (Å²) in [4.78, 5) is 12.9. The molecule has 0 radical (unpaired) electrons. The van der Waals surface area contributed by atoms with Crippen molar-refractivity contribution < 1.29 is 4.74 Å². The first-order valence-corrected chi connectivity index (χ1v) is 7.74. The van der Waals surface area contributed by atoms with Crippen LogP contribution in [0.5, 0.6) is 0 Å². The average molecular weight is 302 g/mol. The Kier molecular flexibility index (Phi) is 4.62. The second kappa shape index (κ2) is 6.83. The lowest BCUT2D eigenvalue weighted by Crippen LogP contribution is -2.10. The van der Waals surface area contributed by atoms with Gasteiger partial charge in [0.1, 0.15) is 23.8 Å². The molecular weight excluding hydrogens is 280 g/mol. The van der Waals surface area contributed by atoms with Gasteiger partial charge in [-0.3, -0.25) is 4.68 Å². The van der Waals surface area contributed by atoms with Crippen LogP contribution in [-0.2, 0) is 11.3 Å². The molecule has 0 aromatic carbocycles. The Bertz CT molecular complexity index is 620. The Hall–Kier alpha value is -2.02. The number of aryl methyl sites for hydroxylation is 3. The predicted octanol–water partition coefficient (Wildman–Crippen LogP) is 1.69. The second-order valence-electron chi connectivity index (χ2n) is 5.60. The quantitative estimate of drug-likeness (QED) is 0.818. The maximum atomic E-state index is 5.42. The molecule has 2 aromatic heterocycles. The molecule has 1 saturated heterocycles. The molecule has 22 heavy (non-hydrogen) atoms. The molecule has 3 heterocycles. The van der Waals surface area contributed by atoms with E-state index in [0.29, 0.717) is 5.92 Å². The minimum atomic E-state index is 0.407. The zero-order valence-electron chi connectivity index (χ0n) is 13.1. The van der Waals surface area contributed by atoms with Crippen molar-refractivity contribution in [1.29, 1.82) is 0 Å². The van der Waals surface area contributed by atoms with E-state index in [1.807, 2.05) is 24.6 Å². The maximum absolute atomic E-state index is 5.42. The third-order valence-corrected chi connectivity index (χ3v) is 3.85. The summed E-state index contributed by atoms with van der Waals surface area (Å²) in [5.74, 6) is 3.07. The standard InChI is InChI=1S/C15H22N6O/c1-11-19-12(2)21(20-11)6-3-5-16-15-8-14(17-10-18-15)13-4-7-22-9-13/h8,10,13H,3-7,9H2,1-2H3,(H,16,17,18)/t13-/m0/s1. The third kappa shape index (κ3) is 3.59. The summed E-state index contributed by atoms with van der Waals surface area (Å²) >= 11 is 0. The lowest BCUT2D eigenvalue weighted by Gasteiger charge is -2.10. The van der Waals surface area contributed by atoms with Crippen LogP contribution < -0.4 is 5.32 Å². The summed E-state index contributed by atoms with van der Waals surface area (Å²) in [5.41, 5.74) is 1.07. The summed E-state index contributed by atoms with van der Waals surface area (Å²) in [6, 6.07) is 2.03. The molecule has 1 aliphatic rings. The molecule has 2 aromatic rings. The first-order chi connectivity index (χ1) is 10.7. The summed E-state index contributed by atoms with van der Waals surface area (Å²) in [6.07, 6.45) is 3.64. The van der Waals surface area contributed by atoms with Crippen LogP contribution in [0, 0.1) is 13.8 Å². The van der Waals surface area contributed by atoms with Crippen LogP contribution in [0.1, 0.15) is 36.1 Å². The number of nitrogens with zero attached hydrogens (tertiary/aromatic N) is 5. The molecule has 0 aliphatic carbocycles. The zero-order valence-corrected chi connectivity index (χ0v) is 13.1. The second-order valence-corrected chi connectivity index (χ2v) is 5.60. The normalized spacial score (nSPS) is 17.8. The summed E-state index contributed by atoms with van der Waals surface area (Å²) in [5, 5.41) is 7.71. The Balaban J connectivity index is 1.49. The third-order valence-electron chi connectivity index (χ3n) is 3.85. The van der Waals surface area contributed by atoms with Gasteiger partial charge in [0.2, 0.25) is 0 Å². The molecule has 7 heteroatoms. The van der Waals surface area contributed by atoms with Crippen molar-refractivity contribution in [2.75, 3.05) is 25.1 Å². The lowest BCUT2D eigenvalue weighted by atomic mass is 10.1. The van der Waals surface area contributed by atoms with Gasteiger partial charge in [-0.15, -0.1) is 0 Å². The molecule has 7 nitrogen and oxygen atoms in total. The van der Waals surface area contributed by atoms with Crippen molar-refractivity contribution in [3.8, 4) is 0 Å². The highest BCUT2D eigenvalue weighted by Crippen LogP contribution is 2.24. The largest absolute Gasteiger partial charge is 0.381 e. The van der Waals surface area contributed by atoms with E-state index in [1.165, 1.54) is 0 Å². The lowest BCUT2D eigenvalue weighted by molar-refractivity contribution is 0.193. The Labute approximate surface area is 130 Å². The number of aromatic nitrogens is 5. The van der Waals surface area contributed by atoms with Gasteiger partial charge in [0.25, 0.3) is 0 Å². The Morgan fingerprint density at radius 1 is 1.36 bits per heavy atom. The smallest absolute Gasteiger partial charge is 0.147 e. The molecule has 1 fully saturated rings. The van der Waals surface area contributed by atoms with Crippen LogP contribution >= 0.6 is 0 Å². The molecule has 0 spiro atoms. The molecule has 0 unspecified atom stereocenters. The van der Waals surface area contributed by atoms with E-state index in [4.69, 9.17) is 4.74 Å². The number of nitrogens with one attached hydrogen (secondary N) is 1. The number of hydrogen-bond acceptors (Lipinski definition) is 6. The number of ether oxygens (including phenoxy) is 1. The van der Waals surface area contributed by atoms with E-state index in [1.54, 1.807) is 6.33 Å². The summed E-state index contributed by atoms with van der Waals surface area (Å²) in [7, 11) is 0. The molecule has 1 N–H and O–H groups in total. The average Bonchev–Trinajstić information content (AvgIpc) is 3.14. The van der Waals surface area contributed by atoms with Gasteiger partial charge >= 0.3 is 0 Å². The van der Waals surface area contributed by atoms with Crippen molar-refractivity contribution >= 4 is 5.82 Å². The zero-order chi connectivity index (χ0) is 15.4. The van der Waals surface area contributed by atoms with Gasteiger partial charge in [0, 0.05) is 31.7 Å². The van der Waals surface area contributed by atoms with Crippen molar-refractivity contribution in [3.05, 3.63) is 29.7 Å². The molecule has 0 saturated carbocycles. The minimum Gasteiger partial charge on any atom is -0.381 e. The predicted molar refractivity (Wildman–Crippen MR) is 82.8 cm³/mol. The molecule has 0 amide bonds. The van der Waals surface area contributed by atoms with E-state index in [0.717, 1.165) is 62.3 Å². The van der Waals surface area contributed by atoms with Gasteiger partial charge in [-0.25, -0.2) is 15.0 Å². The first-order valence-electron chi connectivity index (χ1n) is 7.74. The van der Waals surface area contributed by atoms with Crippen molar-refractivity contribution in [3.63, 3.8) is 0 Å². The van der Waals surface area contributed by atoms with E-state index in [9.17, 15) is 0 Å². The fraction of sp³-hybridized carbons (Fsp3) is 0.600. The van der Waals surface area contributed by atoms with Gasteiger partial charge in [-0.05, 0) is 26.7 Å². The number of rotatable bonds is 6. The van der Waals surface area contributed by atoms with E-state index >= 15 is 0 Å². The Morgan fingerprint density at radius 2 is 2.27 bits per heavy atom. The number of anilines is 1. The fourth-order valence-corrected chi connectivity index (χ4v) is 2.68. The highest BCUT2D eigenvalue weighted by atomic mass is 16.5. The molecular formula is C15H22N6O. The summed E-state index contributed by atoms with van der Waals surface area (Å²) in [6.45, 7) is 7.18. The minimum absolute atomic E-state index is 0.407.